The average Bonchev–Trinajstić information content (AvgIpc) is 2.55. The molecule has 1 aromatic rings. The molecular formula is C19H30N2O4S. The molecule has 0 radical (unpaired) electrons. The van der Waals surface area contributed by atoms with Crippen molar-refractivity contribution < 1.29 is 17.9 Å². The van der Waals surface area contributed by atoms with Crippen LogP contribution in [0.15, 0.2) is 30.4 Å². The van der Waals surface area contributed by atoms with Crippen LogP contribution in [0, 0.1) is 0 Å². The molecule has 0 aliphatic carbocycles. The van der Waals surface area contributed by atoms with Gasteiger partial charge in [-0.2, -0.15) is 0 Å². The summed E-state index contributed by atoms with van der Waals surface area (Å²) in [5.41, 5.74) is 2.12. The molecule has 2 rings (SSSR count). The van der Waals surface area contributed by atoms with Gasteiger partial charge in [0.05, 0.1) is 12.9 Å². The lowest BCUT2D eigenvalue weighted by Crippen LogP contribution is -2.43. The van der Waals surface area contributed by atoms with E-state index >= 15 is 0 Å². The van der Waals surface area contributed by atoms with Crippen molar-refractivity contribution in [3.63, 3.8) is 0 Å². The average molecular weight is 383 g/mol. The number of hydrogen-bond donors (Lipinski definition) is 1. The zero-order valence-corrected chi connectivity index (χ0v) is 16.8. The van der Waals surface area contributed by atoms with Gasteiger partial charge in [0.25, 0.3) is 0 Å². The van der Waals surface area contributed by atoms with Gasteiger partial charge in [-0.15, -0.1) is 0 Å². The third kappa shape index (κ3) is 6.97. The Labute approximate surface area is 157 Å². The fourth-order valence-corrected chi connectivity index (χ4v) is 3.85. The predicted octanol–water partition coefficient (Wildman–Crippen LogP) is 2.55. The summed E-state index contributed by atoms with van der Waals surface area (Å²) in [6.07, 6.45) is 2.86. The molecule has 1 N–H and O–H groups in total. The molecule has 0 aromatic heterocycles. The Hall–Kier alpha value is -1.57. The van der Waals surface area contributed by atoms with Crippen LogP contribution in [-0.4, -0.2) is 51.9 Å². The number of sulfonamides is 1. The normalized spacial score (nSPS) is 16.4. The second kappa shape index (κ2) is 9.39. The maximum atomic E-state index is 11.3. The fraction of sp³-hybridized carbons (Fsp3) is 0.579. The van der Waals surface area contributed by atoms with Crippen LogP contribution in [0.4, 0.5) is 0 Å². The molecule has 1 fully saturated rings. The second-order valence-electron chi connectivity index (χ2n) is 6.90. The Kier molecular flexibility index (Phi) is 7.49. The van der Waals surface area contributed by atoms with Crippen molar-refractivity contribution >= 4 is 10.0 Å². The van der Waals surface area contributed by atoms with Gasteiger partial charge in [0.1, 0.15) is 6.61 Å². The molecular weight excluding hydrogens is 352 g/mol. The lowest BCUT2D eigenvalue weighted by atomic mass is 10.1. The fourth-order valence-electron chi connectivity index (χ4n) is 3.01. The van der Waals surface area contributed by atoms with Gasteiger partial charge in [0, 0.05) is 25.7 Å². The van der Waals surface area contributed by atoms with E-state index in [9.17, 15) is 8.42 Å². The first kappa shape index (κ1) is 20.7. The third-order valence-corrected chi connectivity index (χ3v) is 4.92. The lowest BCUT2D eigenvalue weighted by molar-refractivity contribution is 0.199. The van der Waals surface area contributed by atoms with Crippen LogP contribution in [0.1, 0.15) is 32.3 Å². The second-order valence-corrected chi connectivity index (χ2v) is 8.68. The van der Waals surface area contributed by atoms with E-state index in [1.807, 2.05) is 26.0 Å². The first-order chi connectivity index (χ1) is 12.3. The Morgan fingerprint density at radius 3 is 2.54 bits per heavy atom. The van der Waals surface area contributed by atoms with Gasteiger partial charge < -0.3 is 9.47 Å². The first-order valence-electron chi connectivity index (χ1n) is 8.99. The highest BCUT2D eigenvalue weighted by atomic mass is 32.2. The van der Waals surface area contributed by atoms with Crippen molar-refractivity contribution in [3.8, 4) is 11.5 Å². The molecule has 0 spiro atoms. The van der Waals surface area contributed by atoms with E-state index in [2.05, 4.69) is 22.3 Å². The van der Waals surface area contributed by atoms with Crippen LogP contribution < -0.4 is 14.2 Å². The number of rotatable bonds is 9. The van der Waals surface area contributed by atoms with Crippen molar-refractivity contribution in [1.82, 2.24) is 9.62 Å². The number of hydrogen-bond acceptors (Lipinski definition) is 5. The van der Waals surface area contributed by atoms with Gasteiger partial charge in [0.15, 0.2) is 11.5 Å². The van der Waals surface area contributed by atoms with Crippen LogP contribution >= 0.6 is 0 Å². The number of likely N-dealkylation sites (tertiary alicyclic amines) is 1. The molecule has 0 unspecified atom stereocenters. The zero-order valence-electron chi connectivity index (χ0n) is 16.0. The van der Waals surface area contributed by atoms with Crippen LogP contribution in [0.25, 0.3) is 0 Å². The van der Waals surface area contributed by atoms with Crippen LogP contribution in [0.5, 0.6) is 11.5 Å². The molecule has 0 atom stereocenters. The molecule has 7 heteroatoms. The highest BCUT2D eigenvalue weighted by molar-refractivity contribution is 7.88. The molecule has 6 nitrogen and oxygen atoms in total. The Bertz CT molecular complexity index is 710. The molecule has 0 amide bonds. The maximum Gasteiger partial charge on any atom is 0.208 e. The van der Waals surface area contributed by atoms with Crippen LogP contribution in [0.3, 0.4) is 0 Å². The molecule has 1 aliphatic heterocycles. The summed E-state index contributed by atoms with van der Waals surface area (Å²) in [5, 5.41) is 0. The summed E-state index contributed by atoms with van der Waals surface area (Å²) >= 11 is 0. The summed E-state index contributed by atoms with van der Waals surface area (Å²) in [6, 6.07) is 6.06. The SMILES string of the molecule is C=C(C)COc1ccc(CN2CCC(NS(C)(=O)=O)CC2)cc1OCC. The van der Waals surface area contributed by atoms with Gasteiger partial charge >= 0.3 is 0 Å². The van der Waals surface area contributed by atoms with Crippen molar-refractivity contribution in [2.24, 2.45) is 0 Å². The quantitative estimate of drug-likeness (QED) is 0.665. The van der Waals surface area contributed by atoms with Gasteiger partial charge in [-0.3, -0.25) is 4.90 Å². The number of benzene rings is 1. The van der Waals surface area contributed by atoms with Crippen molar-refractivity contribution in [2.75, 3.05) is 32.6 Å². The molecule has 0 saturated carbocycles. The smallest absolute Gasteiger partial charge is 0.208 e. The van der Waals surface area contributed by atoms with E-state index in [0.717, 1.165) is 55.1 Å². The molecule has 1 heterocycles. The Morgan fingerprint density at radius 2 is 1.96 bits per heavy atom. The topological polar surface area (TPSA) is 67.9 Å². The van der Waals surface area contributed by atoms with Crippen molar-refractivity contribution in [3.05, 3.63) is 35.9 Å². The van der Waals surface area contributed by atoms with Crippen LogP contribution in [-0.2, 0) is 16.6 Å². The Morgan fingerprint density at radius 1 is 1.27 bits per heavy atom. The largest absolute Gasteiger partial charge is 0.490 e. The molecule has 1 aliphatic rings. The van der Waals surface area contributed by atoms with Gasteiger partial charge in [0.2, 0.25) is 10.0 Å². The Balaban J connectivity index is 1.95. The molecule has 146 valence electrons. The van der Waals surface area contributed by atoms with Crippen molar-refractivity contribution in [1.29, 1.82) is 0 Å². The van der Waals surface area contributed by atoms with Gasteiger partial charge in [-0.1, -0.05) is 12.6 Å². The number of ether oxygens (including phenoxy) is 2. The van der Waals surface area contributed by atoms with E-state index in [1.165, 1.54) is 6.26 Å². The van der Waals surface area contributed by atoms with E-state index in [4.69, 9.17) is 9.47 Å². The van der Waals surface area contributed by atoms with Gasteiger partial charge in [-0.25, -0.2) is 13.1 Å². The molecule has 26 heavy (non-hydrogen) atoms. The summed E-state index contributed by atoms with van der Waals surface area (Å²) in [5.74, 6) is 1.48. The highest BCUT2D eigenvalue weighted by Gasteiger charge is 2.21. The number of piperidine rings is 1. The molecule has 1 aromatic carbocycles. The zero-order chi connectivity index (χ0) is 19.2. The standard InChI is InChI=1S/C19H30N2O4S/c1-5-24-19-12-16(6-7-18(19)25-14-15(2)3)13-21-10-8-17(9-11-21)20-26(4,22)23/h6-7,12,17,20H,2,5,8-11,13-14H2,1,3-4H3. The third-order valence-electron chi connectivity index (χ3n) is 4.16. The van der Waals surface area contributed by atoms with E-state index < -0.39 is 10.0 Å². The summed E-state index contributed by atoms with van der Waals surface area (Å²) < 4.78 is 36.9. The summed E-state index contributed by atoms with van der Waals surface area (Å²) in [4.78, 5) is 2.33. The molecule has 0 bridgehead atoms. The predicted molar refractivity (Wildman–Crippen MR) is 104 cm³/mol. The van der Waals surface area contributed by atoms with Crippen molar-refractivity contribution in [2.45, 2.75) is 39.3 Å². The summed E-state index contributed by atoms with van der Waals surface area (Å²) in [6.45, 7) is 11.3. The van der Waals surface area contributed by atoms with E-state index in [0.29, 0.717) is 13.2 Å². The summed E-state index contributed by atoms with van der Waals surface area (Å²) in [7, 11) is -3.13. The number of nitrogens with one attached hydrogen (secondary N) is 1. The number of nitrogens with zero attached hydrogens (tertiary/aromatic N) is 1. The monoisotopic (exact) mass is 382 g/mol. The minimum absolute atomic E-state index is 0.0400. The minimum atomic E-state index is -3.13. The van der Waals surface area contributed by atoms with Crippen LogP contribution in [0.2, 0.25) is 0 Å². The minimum Gasteiger partial charge on any atom is -0.490 e. The van der Waals surface area contributed by atoms with E-state index in [1.54, 1.807) is 0 Å². The first-order valence-corrected chi connectivity index (χ1v) is 10.9. The highest BCUT2D eigenvalue weighted by Crippen LogP contribution is 2.29. The maximum absolute atomic E-state index is 11.3. The molecule has 1 saturated heterocycles. The van der Waals surface area contributed by atoms with Gasteiger partial charge in [-0.05, 0) is 50.0 Å². The lowest BCUT2D eigenvalue weighted by Gasteiger charge is -2.32. The van der Waals surface area contributed by atoms with E-state index in [-0.39, 0.29) is 6.04 Å².